The van der Waals surface area contributed by atoms with E-state index in [2.05, 4.69) is 9.97 Å². The molecule has 0 fully saturated rings. The summed E-state index contributed by atoms with van der Waals surface area (Å²) < 4.78 is 7.65. The molecule has 0 aliphatic carbocycles. The second-order valence-electron chi connectivity index (χ2n) is 6.16. The molecule has 0 spiro atoms. The fraction of sp³-hybridized carbons (Fsp3) is 0.136. The molecule has 5 nitrogen and oxygen atoms in total. The molecule has 0 unspecified atom stereocenters. The van der Waals surface area contributed by atoms with Crippen molar-refractivity contribution in [2.45, 2.75) is 13.3 Å². The van der Waals surface area contributed by atoms with Crippen LogP contribution in [0.2, 0.25) is 0 Å². The minimum atomic E-state index is -0.273. The lowest BCUT2D eigenvalue weighted by molar-refractivity contribution is 0.317. The molecule has 5 heteroatoms. The fourth-order valence-electron chi connectivity index (χ4n) is 3.15. The number of ether oxygens (including phenoxy) is 1. The Hall–Kier alpha value is -3.47. The van der Waals surface area contributed by atoms with Gasteiger partial charge in [0.15, 0.2) is 5.65 Å². The first-order valence-corrected chi connectivity index (χ1v) is 8.89. The lowest BCUT2D eigenvalue weighted by Gasteiger charge is -2.15. The van der Waals surface area contributed by atoms with E-state index < -0.39 is 0 Å². The van der Waals surface area contributed by atoms with Crippen LogP contribution in [0.15, 0.2) is 78.0 Å². The largest absolute Gasteiger partial charge is 0.478 e. The predicted octanol–water partition coefficient (Wildman–Crippen LogP) is 3.75. The molecule has 2 heterocycles. The molecule has 27 heavy (non-hydrogen) atoms. The van der Waals surface area contributed by atoms with Crippen LogP contribution in [0.5, 0.6) is 5.88 Å². The van der Waals surface area contributed by atoms with Crippen LogP contribution in [0, 0.1) is 0 Å². The third kappa shape index (κ3) is 3.31. The van der Waals surface area contributed by atoms with E-state index in [-0.39, 0.29) is 5.56 Å². The first-order chi connectivity index (χ1) is 13.3. The molecule has 2 aromatic heterocycles. The third-order valence-electron chi connectivity index (χ3n) is 4.39. The van der Waals surface area contributed by atoms with E-state index in [1.165, 1.54) is 0 Å². The highest BCUT2D eigenvalue weighted by Crippen LogP contribution is 2.26. The van der Waals surface area contributed by atoms with E-state index in [0.717, 1.165) is 16.7 Å². The summed E-state index contributed by atoms with van der Waals surface area (Å²) in [5.41, 5.74) is 3.58. The Bertz CT molecular complexity index is 1120. The molecule has 0 saturated heterocycles. The van der Waals surface area contributed by atoms with Gasteiger partial charge in [-0.3, -0.25) is 9.20 Å². The molecule has 4 rings (SSSR count). The summed E-state index contributed by atoms with van der Waals surface area (Å²) in [7, 11) is 0. The summed E-state index contributed by atoms with van der Waals surface area (Å²) >= 11 is 0. The Labute approximate surface area is 156 Å². The quantitative estimate of drug-likeness (QED) is 0.546. The Balaban J connectivity index is 1.95. The molecule has 2 aromatic carbocycles. The zero-order valence-electron chi connectivity index (χ0n) is 15.0. The summed E-state index contributed by atoms with van der Waals surface area (Å²) in [5.74, 6) is 0.502. The Morgan fingerprint density at radius 1 is 1.00 bits per heavy atom. The summed E-state index contributed by atoms with van der Waals surface area (Å²) in [5, 5.41) is 0. The number of hydrogen-bond donors (Lipinski definition) is 0. The zero-order valence-corrected chi connectivity index (χ0v) is 15.0. The maximum Gasteiger partial charge on any atom is 0.280 e. The molecule has 0 bridgehead atoms. The Morgan fingerprint density at radius 3 is 2.41 bits per heavy atom. The van der Waals surface area contributed by atoms with Crippen molar-refractivity contribution in [3.05, 3.63) is 94.7 Å². The maximum atomic E-state index is 12.9. The number of nitrogens with zero attached hydrogens (tertiary/aromatic N) is 3. The van der Waals surface area contributed by atoms with Gasteiger partial charge in [-0.25, -0.2) is 4.98 Å². The lowest BCUT2D eigenvalue weighted by Crippen LogP contribution is -2.20. The topological polar surface area (TPSA) is 56.5 Å². The van der Waals surface area contributed by atoms with Crippen LogP contribution >= 0.6 is 0 Å². The molecule has 0 saturated carbocycles. The number of hydrogen-bond acceptors (Lipinski definition) is 4. The van der Waals surface area contributed by atoms with E-state index in [9.17, 15) is 4.79 Å². The van der Waals surface area contributed by atoms with Crippen molar-refractivity contribution >= 4 is 5.65 Å². The lowest BCUT2D eigenvalue weighted by atomic mass is 10.1. The summed E-state index contributed by atoms with van der Waals surface area (Å²) in [6, 6.07) is 19.6. The first kappa shape index (κ1) is 17.0. The molecule has 134 valence electrons. The first-order valence-electron chi connectivity index (χ1n) is 8.89. The molecule has 0 N–H and O–H groups in total. The molecule has 0 atom stereocenters. The third-order valence-corrected chi connectivity index (χ3v) is 4.39. The van der Waals surface area contributed by atoms with Gasteiger partial charge in [-0.05, 0) is 18.1 Å². The molecule has 0 aliphatic heterocycles. The van der Waals surface area contributed by atoms with Crippen molar-refractivity contribution < 1.29 is 4.74 Å². The average molecular weight is 357 g/mol. The van der Waals surface area contributed by atoms with Gasteiger partial charge < -0.3 is 4.74 Å². The number of benzene rings is 2. The molecular weight excluding hydrogens is 338 g/mol. The van der Waals surface area contributed by atoms with Crippen LogP contribution in [0.1, 0.15) is 18.1 Å². The standard InChI is InChI=1S/C22H19N3O2/c1-2-27-22-18(13-16-9-5-3-6-10-16)21(26)24-20-19(14-23-15-25(20)22)17-11-7-4-8-12-17/h3-12,14-15H,2,13H2,1H3. The average Bonchev–Trinajstić information content (AvgIpc) is 2.72. The molecule has 4 aromatic rings. The van der Waals surface area contributed by atoms with Gasteiger partial charge in [-0.2, -0.15) is 4.98 Å². The van der Waals surface area contributed by atoms with Gasteiger partial charge in [0.05, 0.1) is 12.2 Å². The number of fused-ring (bicyclic) bond motifs is 1. The normalized spacial score (nSPS) is 10.9. The van der Waals surface area contributed by atoms with Gasteiger partial charge in [-0.1, -0.05) is 60.7 Å². The SMILES string of the molecule is CCOc1c(Cc2ccccc2)c(=O)nc2c(-c3ccccc3)cncn12. The maximum absolute atomic E-state index is 12.9. The van der Waals surface area contributed by atoms with Crippen LogP contribution in [-0.2, 0) is 6.42 Å². The van der Waals surface area contributed by atoms with Crippen LogP contribution in [0.3, 0.4) is 0 Å². The zero-order chi connectivity index (χ0) is 18.6. The van der Waals surface area contributed by atoms with Crippen molar-refractivity contribution in [2.24, 2.45) is 0 Å². The van der Waals surface area contributed by atoms with Gasteiger partial charge in [-0.15, -0.1) is 0 Å². The Kier molecular flexibility index (Phi) is 4.66. The van der Waals surface area contributed by atoms with Gasteiger partial charge in [0.2, 0.25) is 5.88 Å². The van der Waals surface area contributed by atoms with Crippen LogP contribution in [-0.4, -0.2) is 21.0 Å². The summed E-state index contributed by atoms with van der Waals surface area (Å²) in [6.07, 6.45) is 3.83. The minimum absolute atomic E-state index is 0.273. The van der Waals surface area contributed by atoms with Crippen molar-refractivity contribution in [1.29, 1.82) is 0 Å². The van der Waals surface area contributed by atoms with Crippen molar-refractivity contribution in [1.82, 2.24) is 14.4 Å². The van der Waals surface area contributed by atoms with Crippen LogP contribution in [0.4, 0.5) is 0 Å². The predicted molar refractivity (Wildman–Crippen MR) is 105 cm³/mol. The van der Waals surface area contributed by atoms with E-state index >= 15 is 0 Å². The van der Waals surface area contributed by atoms with Crippen LogP contribution < -0.4 is 10.3 Å². The van der Waals surface area contributed by atoms with Gasteiger partial charge >= 0.3 is 0 Å². The highest BCUT2D eigenvalue weighted by Gasteiger charge is 2.17. The number of rotatable bonds is 5. The highest BCUT2D eigenvalue weighted by atomic mass is 16.5. The summed E-state index contributed by atoms with van der Waals surface area (Å²) in [4.78, 5) is 21.6. The van der Waals surface area contributed by atoms with Crippen LogP contribution in [0.25, 0.3) is 16.8 Å². The molecule has 0 radical (unpaired) electrons. The molecule has 0 amide bonds. The van der Waals surface area contributed by atoms with Crippen molar-refractivity contribution in [2.75, 3.05) is 6.61 Å². The molecule has 0 aliphatic rings. The Morgan fingerprint density at radius 2 is 1.70 bits per heavy atom. The van der Waals surface area contributed by atoms with E-state index in [1.54, 1.807) is 16.9 Å². The van der Waals surface area contributed by atoms with Gasteiger partial charge in [0, 0.05) is 18.2 Å². The van der Waals surface area contributed by atoms with E-state index in [4.69, 9.17) is 4.74 Å². The highest BCUT2D eigenvalue weighted by molar-refractivity contribution is 5.76. The van der Waals surface area contributed by atoms with Gasteiger partial charge in [0.1, 0.15) is 6.33 Å². The van der Waals surface area contributed by atoms with Crippen molar-refractivity contribution in [3.63, 3.8) is 0 Å². The fourth-order valence-corrected chi connectivity index (χ4v) is 3.15. The molecular formula is C22H19N3O2. The van der Waals surface area contributed by atoms with E-state index in [1.807, 2.05) is 67.6 Å². The summed E-state index contributed by atoms with van der Waals surface area (Å²) in [6.45, 7) is 2.35. The second-order valence-corrected chi connectivity index (χ2v) is 6.16. The van der Waals surface area contributed by atoms with E-state index in [0.29, 0.717) is 30.1 Å². The minimum Gasteiger partial charge on any atom is -0.478 e. The van der Waals surface area contributed by atoms with Crippen molar-refractivity contribution in [3.8, 4) is 17.0 Å². The monoisotopic (exact) mass is 357 g/mol. The number of aromatic nitrogens is 3. The second kappa shape index (κ2) is 7.41. The smallest absolute Gasteiger partial charge is 0.280 e. The van der Waals surface area contributed by atoms with Gasteiger partial charge in [0.25, 0.3) is 5.56 Å².